The highest BCUT2D eigenvalue weighted by Crippen LogP contribution is 2.30. The van der Waals surface area contributed by atoms with E-state index in [-0.39, 0.29) is 32.5 Å². The van der Waals surface area contributed by atoms with Crippen LogP contribution in [0.5, 0.6) is 0 Å². The van der Waals surface area contributed by atoms with Crippen molar-refractivity contribution in [2.24, 2.45) is 0 Å². The quantitative estimate of drug-likeness (QED) is 0.927. The van der Waals surface area contributed by atoms with Crippen molar-refractivity contribution >= 4 is 12.1 Å². The fourth-order valence-corrected chi connectivity index (χ4v) is 2.35. The Morgan fingerprint density at radius 3 is 2.43 bits per heavy atom. The Balaban J connectivity index is 1.79. The molecule has 0 radical (unpaired) electrons. The van der Waals surface area contributed by atoms with Crippen molar-refractivity contribution in [2.75, 3.05) is 13.1 Å². The SMILES string of the molecule is O=C(O)CC1(F)CCN(C(=O)OCc2ccccc2)CC1. The summed E-state index contributed by atoms with van der Waals surface area (Å²) >= 11 is 0. The third kappa shape index (κ3) is 4.44. The summed E-state index contributed by atoms with van der Waals surface area (Å²) < 4.78 is 19.3. The van der Waals surface area contributed by atoms with Crippen LogP contribution in [0.15, 0.2) is 30.3 Å². The van der Waals surface area contributed by atoms with Gasteiger partial charge in [-0.25, -0.2) is 9.18 Å². The number of amides is 1. The highest BCUT2D eigenvalue weighted by atomic mass is 19.1. The van der Waals surface area contributed by atoms with Crippen molar-refractivity contribution in [1.82, 2.24) is 4.90 Å². The molecule has 6 heteroatoms. The minimum atomic E-state index is -1.72. The Kier molecular flexibility index (Phi) is 4.77. The first-order valence-corrected chi connectivity index (χ1v) is 6.85. The van der Waals surface area contributed by atoms with E-state index < -0.39 is 24.2 Å². The summed E-state index contributed by atoms with van der Waals surface area (Å²) in [4.78, 5) is 23.9. The molecule has 1 amide bonds. The molecule has 1 heterocycles. The average molecular weight is 295 g/mol. The van der Waals surface area contributed by atoms with Crippen molar-refractivity contribution in [2.45, 2.75) is 31.5 Å². The van der Waals surface area contributed by atoms with E-state index in [1.807, 2.05) is 30.3 Å². The molecule has 1 N–H and O–H groups in total. The van der Waals surface area contributed by atoms with Crippen LogP contribution in [0.4, 0.5) is 9.18 Å². The lowest BCUT2D eigenvalue weighted by Gasteiger charge is -2.34. The fraction of sp³-hybridized carbons (Fsp3) is 0.467. The van der Waals surface area contributed by atoms with Crippen molar-refractivity contribution in [3.63, 3.8) is 0 Å². The van der Waals surface area contributed by atoms with Crippen molar-refractivity contribution in [3.05, 3.63) is 35.9 Å². The summed E-state index contributed by atoms with van der Waals surface area (Å²) in [6, 6.07) is 9.28. The van der Waals surface area contributed by atoms with Gasteiger partial charge in [0.25, 0.3) is 0 Å². The monoisotopic (exact) mass is 295 g/mol. The van der Waals surface area contributed by atoms with Crippen LogP contribution in [0.2, 0.25) is 0 Å². The largest absolute Gasteiger partial charge is 0.481 e. The maximum absolute atomic E-state index is 14.2. The zero-order chi connectivity index (χ0) is 15.3. The minimum Gasteiger partial charge on any atom is -0.481 e. The molecule has 1 aliphatic heterocycles. The number of alkyl halides is 1. The summed E-state index contributed by atoms with van der Waals surface area (Å²) in [6.07, 6.45) is -0.949. The molecule has 2 rings (SSSR count). The van der Waals surface area contributed by atoms with Crippen LogP contribution >= 0.6 is 0 Å². The van der Waals surface area contributed by atoms with Gasteiger partial charge in [-0.1, -0.05) is 30.3 Å². The second-order valence-corrected chi connectivity index (χ2v) is 5.25. The van der Waals surface area contributed by atoms with Crippen LogP contribution in [0.1, 0.15) is 24.8 Å². The normalized spacial score (nSPS) is 17.3. The lowest BCUT2D eigenvalue weighted by molar-refractivity contribution is -0.141. The lowest BCUT2D eigenvalue weighted by Crippen LogP contribution is -2.45. The number of halogens is 1. The molecular formula is C15H18FNO4. The highest BCUT2D eigenvalue weighted by Gasteiger charge is 2.38. The Hall–Kier alpha value is -2.11. The number of aliphatic carboxylic acids is 1. The number of carbonyl (C=O) groups is 2. The van der Waals surface area contributed by atoms with E-state index in [4.69, 9.17) is 9.84 Å². The van der Waals surface area contributed by atoms with Crippen molar-refractivity contribution in [3.8, 4) is 0 Å². The van der Waals surface area contributed by atoms with Gasteiger partial charge >= 0.3 is 12.1 Å². The molecule has 21 heavy (non-hydrogen) atoms. The molecule has 1 fully saturated rings. The number of carboxylic acid groups (broad SMARTS) is 1. The molecule has 1 saturated heterocycles. The second kappa shape index (κ2) is 6.56. The van der Waals surface area contributed by atoms with Crippen molar-refractivity contribution < 1.29 is 23.8 Å². The predicted octanol–water partition coefficient (Wildman–Crippen LogP) is 2.60. The molecule has 114 valence electrons. The standard InChI is InChI=1S/C15H18FNO4/c16-15(10-13(18)19)6-8-17(9-7-15)14(20)21-11-12-4-2-1-3-5-12/h1-5H,6-11H2,(H,18,19). The van der Waals surface area contributed by atoms with Gasteiger partial charge in [-0.3, -0.25) is 4.79 Å². The number of hydrogen-bond acceptors (Lipinski definition) is 3. The molecule has 1 aromatic rings. The number of nitrogens with zero attached hydrogens (tertiary/aromatic N) is 1. The molecular weight excluding hydrogens is 277 g/mol. The molecule has 0 aromatic heterocycles. The number of ether oxygens (including phenoxy) is 1. The third-order valence-corrected chi connectivity index (χ3v) is 3.59. The van der Waals surface area contributed by atoms with Crippen LogP contribution in [0.3, 0.4) is 0 Å². The summed E-state index contributed by atoms with van der Waals surface area (Å²) in [7, 11) is 0. The van der Waals surface area contributed by atoms with Gasteiger partial charge < -0.3 is 14.7 Å². The summed E-state index contributed by atoms with van der Waals surface area (Å²) in [5.74, 6) is -1.15. The first kappa shape index (κ1) is 15.3. The predicted molar refractivity (Wildman–Crippen MR) is 73.5 cm³/mol. The number of carboxylic acids is 1. The topological polar surface area (TPSA) is 66.8 Å². The van der Waals surface area contributed by atoms with Crippen LogP contribution in [-0.2, 0) is 16.1 Å². The molecule has 5 nitrogen and oxygen atoms in total. The Morgan fingerprint density at radius 2 is 1.86 bits per heavy atom. The van der Waals surface area contributed by atoms with Gasteiger partial charge in [0.2, 0.25) is 0 Å². The second-order valence-electron chi connectivity index (χ2n) is 5.25. The van der Waals surface area contributed by atoms with Gasteiger partial charge in [-0.05, 0) is 18.4 Å². The van der Waals surface area contributed by atoms with Gasteiger partial charge in [0.05, 0.1) is 6.42 Å². The average Bonchev–Trinajstić information content (AvgIpc) is 2.45. The number of benzene rings is 1. The number of rotatable bonds is 4. The van der Waals surface area contributed by atoms with E-state index in [0.29, 0.717) is 0 Å². The minimum absolute atomic E-state index is 0.0275. The molecule has 0 bridgehead atoms. The smallest absolute Gasteiger partial charge is 0.410 e. The molecule has 0 unspecified atom stereocenters. The first-order valence-electron chi connectivity index (χ1n) is 6.85. The summed E-state index contributed by atoms with van der Waals surface area (Å²) in [5, 5.41) is 8.67. The van der Waals surface area contributed by atoms with E-state index in [2.05, 4.69) is 0 Å². The Bertz CT molecular complexity index is 498. The molecule has 1 aliphatic rings. The summed E-state index contributed by atoms with van der Waals surface area (Å²) in [5.41, 5.74) is -0.837. The van der Waals surface area contributed by atoms with Gasteiger partial charge in [0, 0.05) is 13.1 Å². The lowest BCUT2D eigenvalue weighted by atomic mass is 9.90. The maximum Gasteiger partial charge on any atom is 0.410 e. The zero-order valence-corrected chi connectivity index (χ0v) is 11.6. The van der Waals surface area contributed by atoms with E-state index in [0.717, 1.165) is 5.56 Å². The number of carbonyl (C=O) groups excluding carboxylic acids is 1. The fourth-order valence-electron chi connectivity index (χ4n) is 2.35. The van der Waals surface area contributed by atoms with Crippen LogP contribution in [0, 0.1) is 0 Å². The molecule has 0 atom stereocenters. The molecule has 0 spiro atoms. The Labute approximate surface area is 122 Å². The first-order chi connectivity index (χ1) is 9.98. The van der Waals surface area contributed by atoms with Gasteiger partial charge in [0.15, 0.2) is 0 Å². The zero-order valence-electron chi connectivity index (χ0n) is 11.6. The van der Waals surface area contributed by atoms with E-state index in [1.54, 1.807) is 0 Å². The van der Waals surface area contributed by atoms with Crippen molar-refractivity contribution in [1.29, 1.82) is 0 Å². The molecule has 0 aliphatic carbocycles. The molecule has 1 aromatic carbocycles. The van der Waals surface area contributed by atoms with Gasteiger partial charge in [-0.15, -0.1) is 0 Å². The van der Waals surface area contributed by atoms with Crippen LogP contribution < -0.4 is 0 Å². The van der Waals surface area contributed by atoms with Crippen LogP contribution in [-0.4, -0.2) is 40.8 Å². The summed E-state index contributed by atoms with van der Waals surface area (Å²) in [6.45, 7) is 0.529. The molecule has 0 saturated carbocycles. The van der Waals surface area contributed by atoms with Gasteiger partial charge in [-0.2, -0.15) is 0 Å². The number of hydrogen-bond donors (Lipinski definition) is 1. The maximum atomic E-state index is 14.2. The number of piperidine rings is 1. The number of likely N-dealkylation sites (tertiary alicyclic amines) is 1. The van der Waals surface area contributed by atoms with Gasteiger partial charge in [0.1, 0.15) is 12.3 Å². The third-order valence-electron chi connectivity index (χ3n) is 3.59. The van der Waals surface area contributed by atoms with E-state index >= 15 is 0 Å². The van der Waals surface area contributed by atoms with Crippen LogP contribution in [0.25, 0.3) is 0 Å². The van der Waals surface area contributed by atoms with E-state index in [9.17, 15) is 14.0 Å². The Morgan fingerprint density at radius 1 is 1.24 bits per heavy atom. The highest BCUT2D eigenvalue weighted by molar-refractivity contribution is 5.69. The van der Waals surface area contributed by atoms with E-state index in [1.165, 1.54) is 4.90 Å².